The first-order valence-corrected chi connectivity index (χ1v) is 26.7. The van der Waals surface area contributed by atoms with E-state index in [1.54, 1.807) is 42.5 Å². The second-order valence-electron chi connectivity index (χ2n) is 15.9. The van der Waals surface area contributed by atoms with Crippen molar-refractivity contribution >= 4 is 95.7 Å². The molecule has 2 aliphatic heterocycles. The Morgan fingerprint density at radius 3 is 2.03 bits per heavy atom. The number of anilines is 1. The van der Waals surface area contributed by atoms with Gasteiger partial charge in [0.25, 0.3) is 46.9 Å². The summed E-state index contributed by atoms with van der Waals surface area (Å²) in [6, 6.07) is 12.6. The van der Waals surface area contributed by atoms with Gasteiger partial charge in [0, 0.05) is 53.2 Å². The van der Waals surface area contributed by atoms with E-state index >= 15 is 0 Å². The molecule has 4 aromatic rings. The van der Waals surface area contributed by atoms with Crippen LogP contribution < -0.4 is 9.64 Å². The Bertz CT molecular complexity index is 3320. The molecule has 0 bridgehead atoms. The zero-order valence-corrected chi connectivity index (χ0v) is 38.2. The molecule has 0 saturated carbocycles. The average molecular weight is 983 g/mol. The minimum atomic E-state index is -5.19. The SMILES string of the molecule is CC1(C)C(/C=C/C=C/C=C2/N(CCCS(=O)(=O)O)c3ccc4c(S(=O)(=O)O)cc(S(=O)(=O)O)cc4c3C2(C)CS(=O)(=O)O)=[N+](CCCS(=O)(=O)[O-])c2ccc3cc(OC=O)ccc3c21. The van der Waals surface area contributed by atoms with Crippen molar-refractivity contribution in [1.82, 2.24) is 0 Å². The summed E-state index contributed by atoms with van der Waals surface area (Å²) in [5.74, 6) is -2.15. The molecule has 4 aromatic carbocycles. The fourth-order valence-corrected chi connectivity index (χ4v) is 12.1. The van der Waals surface area contributed by atoms with E-state index < -0.39 is 88.5 Å². The van der Waals surface area contributed by atoms with E-state index in [4.69, 9.17) is 4.74 Å². The lowest BCUT2D eigenvalue weighted by atomic mass is 9.79. The van der Waals surface area contributed by atoms with Gasteiger partial charge in [-0.15, -0.1) is 0 Å². The number of benzene rings is 4. The van der Waals surface area contributed by atoms with Gasteiger partial charge in [-0.05, 0) is 91.4 Å². The molecule has 2 heterocycles. The lowest BCUT2D eigenvalue weighted by Gasteiger charge is -2.29. The molecule has 344 valence electrons. The van der Waals surface area contributed by atoms with E-state index in [-0.39, 0.29) is 53.7 Å². The van der Waals surface area contributed by atoms with Gasteiger partial charge in [0.2, 0.25) is 5.69 Å². The summed E-state index contributed by atoms with van der Waals surface area (Å²) in [6.45, 7) is 5.41. The molecule has 24 heteroatoms. The first kappa shape index (κ1) is 48.6. The number of fused-ring (bicyclic) bond motifs is 6. The molecule has 0 fully saturated rings. The van der Waals surface area contributed by atoms with Gasteiger partial charge in [0.05, 0.1) is 37.3 Å². The Morgan fingerprint density at radius 2 is 1.42 bits per heavy atom. The van der Waals surface area contributed by atoms with Crippen molar-refractivity contribution in [1.29, 1.82) is 0 Å². The van der Waals surface area contributed by atoms with Crippen LogP contribution in [0.25, 0.3) is 21.5 Å². The van der Waals surface area contributed by atoms with E-state index in [0.717, 1.165) is 28.1 Å². The number of carbonyl (C=O) groups is 1. The highest BCUT2D eigenvalue weighted by Gasteiger charge is 2.48. The van der Waals surface area contributed by atoms with Crippen molar-refractivity contribution in [2.24, 2.45) is 0 Å². The van der Waals surface area contributed by atoms with Crippen LogP contribution in [0.3, 0.4) is 0 Å². The molecular weight excluding hydrogens is 941 g/mol. The molecule has 1 atom stereocenters. The number of ether oxygens (including phenoxy) is 1. The van der Waals surface area contributed by atoms with Gasteiger partial charge < -0.3 is 14.2 Å². The smallest absolute Gasteiger partial charge is 0.298 e. The van der Waals surface area contributed by atoms with Crippen LogP contribution in [0.1, 0.15) is 44.7 Å². The van der Waals surface area contributed by atoms with Crippen LogP contribution in [-0.4, -0.2) is 112 Å². The van der Waals surface area contributed by atoms with Crippen LogP contribution in [0.15, 0.2) is 100 Å². The monoisotopic (exact) mass is 982 g/mol. The van der Waals surface area contributed by atoms with Crippen LogP contribution in [0.5, 0.6) is 5.75 Å². The molecule has 4 N–H and O–H groups in total. The van der Waals surface area contributed by atoms with Crippen LogP contribution in [0.2, 0.25) is 0 Å². The maximum atomic E-state index is 12.8. The maximum Gasteiger partial charge on any atom is 0.298 e. The zero-order valence-electron chi connectivity index (χ0n) is 34.1. The van der Waals surface area contributed by atoms with E-state index in [2.05, 4.69) is 0 Å². The van der Waals surface area contributed by atoms with Crippen molar-refractivity contribution in [3.05, 3.63) is 102 Å². The van der Waals surface area contributed by atoms with Gasteiger partial charge in [-0.2, -0.15) is 38.2 Å². The topological polar surface area (TPSA) is 307 Å². The third-order valence-corrected chi connectivity index (χ3v) is 15.3. The molecule has 19 nitrogen and oxygen atoms in total. The predicted molar refractivity (Wildman–Crippen MR) is 235 cm³/mol. The molecule has 0 saturated heterocycles. The first-order valence-electron chi connectivity index (χ1n) is 19.0. The number of nitrogens with zero attached hydrogens (tertiary/aromatic N) is 2. The average Bonchev–Trinajstić information content (AvgIpc) is 3.50. The van der Waals surface area contributed by atoms with Crippen LogP contribution in [0.4, 0.5) is 11.4 Å². The predicted octanol–water partition coefficient (Wildman–Crippen LogP) is 4.27. The highest BCUT2D eigenvalue weighted by atomic mass is 32.2. The largest absolute Gasteiger partial charge is 0.748 e. The number of allylic oxidation sites excluding steroid dienone is 6. The second-order valence-corrected chi connectivity index (χ2v) is 23.3. The van der Waals surface area contributed by atoms with Crippen molar-refractivity contribution in [2.45, 2.75) is 54.2 Å². The molecular formula is C40H42N2O17S5. The summed E-state index contributed by atoms with van der Waals surface area (Å²) in [4.78, 5) is 10.5. The van der Waals surface area contributed by atoms with E-state index in [9.17, 15) is 69.6 Å². The normalized spacial score (nSPS) is 18.8. The van der Waals surface area contributed by atoms with E-state index in [0.29, 0.717) is 24.0 Å². The quantitative estimate of drug-likeness (QED) is 0.0497. The van der Waals surface area contributed by atoms with Crippen molar-refractivity contribution < 1.29 is 79.0 Å². The summed E-state index contributed by atoms with van der Waals surface area (Å²) < 4.78 is 180. The van der Waals surface area contributed by atoms with Crippen molar-refractivity contribution in [2.75, 3.05) is 35.2 Å². The Labute approximate surface area is 369 Å². The number of hydrogen-bond acceptors (Lipinski definition) is 14. The second kappa shape index (κ2) is 17.2. The summed E-state index contributed by atoms with van der Waals surface area (Å²) >= 11 is 0. The molecule has 0 aliphatic carbocycles. The Hall–Kier alpha value is -4.89. The standard InChI is InChI=1S/C40H42N2O17S5/c1-39(2)35(41(17-7-19-60(44,45)46)32-15-11-26-21-27(59-25-43)12-13-29(26)37(32)39)9-5-4-6-10-36-40(3,24-62(50,51)52)38-31-22-28(63(53,54)55)23-34(64(56,57)58)30(31)14-16-33(38)42(36)18-8-20-61(47,48)49/h4-6,9-16,21-23,25H,7-8,17-20,24H2,1-3H3,(H4-,44,45,46,47,48,49,50,51,52,53,54,55,56,57,58). The molecule has 0 spiro atoms. The third kappa shape index (κ3) is 10.1. The summed E-state index contributed by atoms with van der Waals surface area (Å²) in [5.41, 5.74) is -0.286. The minimum absolute atomic E-state index is 0.0166. The molecule has 0 radical (unpaired) electrons. The van der Waals surface area contributed by atoms with E-state index in [1.165, 1.54) is 36.1 Å². The Balaban J connectivity index is 1.51. The summed E-state index contributed by atoms with van der Waals surface area (Å²) in [7, 11) is -24.3. The maximum absolute atomic E-state index is 12.8. The highest BCUT2D eigenvalue weighted by Crippen LogP contribution is 2.53. The highest BCUT2D eigenvalue weighted by molar-refractivity contribution is 7.87. The van der Waals surface area contributed by atoms with Crippen LogP contribution in [-0.2, 0) is 66.2 Å². The Morgan fingerprint density at radius 1 is 0.734 bits per heavy atom. The lowest BCUT2D eigenvalue weighted by molar-refractivity contribution is -0.437. The molecule has 64 heavy (non-hydrogen) atoms. The summed E-state index contributed by atoms with van der Waals surface area (Å²) in [5, 5.41) is 0.999. The lowest BCUT2D eigenvalue weighted by Crippen LogP contribution is -2.35. The van der Waals surface area contributed by atoms with Crippen molar-refractivity contribution in [3.63, 3.8) is 0 Å². The van der Waals surface area contributed by atoms with Crippen LogP contribution >= 0.6 is 0 Å². The molecule has 1 unspecified atom stereocenters. The van der Waals surface area contributed by atoms with Crippen LogP contribution in [0, 0.1) is 0 Å². The van der Waals surface area contributed by atoms with Gasteiger partial charge in [-0.3, -0.25) is 23.0 Å². The third-order valence-electron chi connectivity index (χ3n) is 11.1. The number of hydrogen-bond donors (Lipinski definition) is 4. The molecule has 2 aliphatic rings. The molecule has 0 amide bonds. The van der Waals surface area contributed by atoms with Gasteiger partial charge in [-0.25, -0.2) is 8.42 Å². The van der Waals surface area contributed by atoms with Gasteiger partial charge in [-0.1, -0.05) is 30.4 Å². The van der Waals surface area contributed by atoms with Gasteiger partial charge in [0.1, 0.15) is 17.2 Å². The Kier molecular flexibility index (Phi) is 13.0. The zero-order chi connectivity index (χ0) is 47.4. The fourth-order valence-electron chi connectivity index (χ4n) is 8.72. The number of rotatable bonds is 17. The number of carbonyl (C=O) groups excluding carboxylic acids is 1. The molecule has 6 rings (SSSR count). The van der Waals surface area contributed by atoms with Crippen molar-refractivity contribution in [3.8, 4) is 5.75 Å². The first-order chi connectivity index (χ1) is 29.5. The van der Waals surface area contributed by atoms with Gasteiger partial charge >= 0.3 is 0 Å². The minimum Gasteiger partial charge on any atom is -0.748 e. The van der Waals surface area contributed by atoms with Gasteiger partial charge in [0.15, 0.2) is 5.71 Å². The fraction of sp³-hybridized carbons (Fsp3) is 0.300. The van der Waals surface area contributed by atoms with E-state index in [1.807, 2.05) is 24.5 Å². The molecule has 0 aromatic heterocycles. The summed E-state index contributed by atoms with van der Waals surface area (Å²) in [6.07, 6.45) is 7.52.